The van der Waals surface area contributed by atoms with Crippen LogP contribution in [0.1, 0.15) is 5.56 Å². The number of nitriles is 1. The Morgan fingerprint density at radius 2 is 2.00 bits per heavy atom. The first kappa shape index (κ1) is 13.7. The number of anilines is 2. The van der Waals surface area contributed by atoms with Crippen LogP contribution in [0.3, 0.4) is 0 Å². The highest BCUT2D eigenvalue weighted by molar-refractivity contribution is 6.34. The molecule has 0 aliphatic rings. The van der Waals surface area contributed by atoms with Crippen molar-refractivity contribution >= 4 is 29.0 Å². The quantitative estimate of drug-likeness (QED) is 0.738. The van der Waals surface area contributed by atoms with Gasteiger partial charge in [-0.15, -0.1) is 0 Å². The van der Waals surface area contributed by atoms with Gasteiger partial charge < -0.3 is 15.7 Å². The lowest BCUT2D eigenvalue weighted by Gasteiger charge is -2.09. The number of halogens is 1. The van der Waals surface area contributed by atoms with Crippen molar-refractivity contribution in [1.29, 1.82) is 5.26 Å². The Bertz CT molecular complexity index is 695. The van der Waals surface area contributed by atoms with E-state index in [1.54, 1.807) is 24.3 Å². The van der Waals surface area contributed by atoms with Crippen LogP contribution in [0.5, 0.6) is 5.75 Å². The SMILES string of the molecule is N#Cc1cccc(NC(=O)Nc2ccc(O)cc2Cl)c1. The summed E-state index contributed by atoms with van der Waals surface area (Å²) in [7, 11) is 0. The molecule has 0 aliphatic heterocycles. The van der Waals surface area contributed by atoms with Gasteiger partial charge in [-0.1, -0.05) is 17.7 Å². The predicted octanol–water partition coefficient (Wildman–Crippen LogP) is 3.56. The van der Waals surface area contributed by atoms with Crippen molar-refractivity contribution in [3.8, 4) is 11.8 Å². The summed E-state index contributed by atoms with van der Waals surface area (Å²) in [6.07, 6.45) is 0. The Hall–Kier alpha value is -2.71. The summed E-state index contributed by atoms with van der Waals surface area (Å²) >= 11 is 5.88. The molecule has 0 aromatic heterocycles. The number of nitrogens with one attached hydrogen (secondary N) is 2. The van der Waals surface area contributed by atoms with Crippen molar-refractivity contribution in [3.63, 3.8) is 0 Å². The number of carbonyl (C=O) groups excluding carboxylic acids is 1. The Labute approximate surface area is 120 Å². The lowest BCUT2D eigenvalue weighted by Crippen LogP contribution is -2.19. The van der Waals surface area contributed by atoms with Gasteiger partial charge in [0.2, 0.25) is 0 Å². The minimum absolute atomic E-state index is 0.0164. The van der Waals surface area contributed by atoms with Gasteiger partial charge in [-0.2, -0.15) is 5.26 Å². The third-order valence-electron chi connectivity index (χ3n) is 2.45. The second kappa shape index (κ2) is 5.95. The van der Waals surface area contributed by atoms with E-state index in [1.807, 2.05) is 6.07 Å². The second-order valence-corrected chi connectivity index (χ2v) is 4.34. The van der Waals surface area contributed by atoms with Gasteiger partial charge in [0.25, 0.3) is 0 Å². The van der Waals surface area contributed by atoms with Gasteiger partial charge in [-0.25, -0.2) is 4.79 Å². The molecule has 2 aromatic rings. The summed E-state index contributed by atoms with van der Waals surface area (Å²) < 4.78 is 0. The van der Waals surface area contributed by atoms with Gasteiger partial charge in [0.05, 0.1) is 22.3 Å². The van der Waals surface area contributed by atoms with E-state index in [4.69, 9.17) is 16.9 Å². The van der Waals surface area contributed by atoms with Crippen LogP contribution >= 0.6 is 11.6 Å². The number of phenolic OH excluding ortho intramolecular Hbond substituents is 1. The molecule has 2 amide bonds. The normalized spacial score (nSPS) is 9.60. The molecule has 0 aliphatic carbocycles. The maximum atomic E-state index is 11.8. The number of carbonyl (C=O) groups is 1. The number of nitrogens with zero attached hydrogens (tertiary/aromatic N) is 1. The molecule has 2 aromatic carbocycles. The molecule has 3 N–H and O–H groups in total. The summed E-state index contributed by atoms with van der Waals surface area (Å²) in [5.74, 6) is 0.0164. The molecule has 0 saturated carbocycles. The first-order valence-corrected chi connectivity index (χ1v) is 6.03. The van der Waals surface area contributed by atoms with Gasteiger partial charge >= 0.3 is 6.03 Å². The summed E-state index contributed by atoms with van der Waals surface area (Å²) in [6.45, 7) is 0. The van der Waals surface area contributed by atoms with Crippen LogP contribution in [0.25, 0.3) is 0 Å². The standard InChI is InChI=1S/C14H10ClN3O2/c15-12-7-11(19)4-5-13(12)18-14(20)17-10-3-1-2-9(6-10)8-16/h1-7,19H,(H2,17,18,20). The molecule has 0 bridgehead atoms. The molecule has 0 unspecified atom stereocenters. The fourth-order valence-corrected chi connectivity index (χ4v) is 1.78. The summed E-state index contributed by atoms with van der Waals surface area (Å²) in [4.78, 5) is 11.8. The zero-order valence-electron chi connectivity index (χ0n) is 10.2. The van der Waals surface area contributed by atoms with Gasteiger partial charge in [0.1, 0.15) is 5.75 Å². The average molecular weight is 288 g/mol. The van der Waals surface area contributed by atoms with Gasteiger partial charge in [-0.3, -0.25) is 0 Å². The second-order valence-electron chi connectivity index (χ2n) is 3.94. The lowest BCUT2D eigenvalue weighted by atomic mass is 10.2. The Morgan fingerprint density at radius 3 is 2.70 bits per heavy atom. The van der Waals surface area contributed by atoms with Gasteiger partial charge in [-0.05, 0) is 30.3 Å². The highest BCUT2D eigenvalue weighted by Crippen LogP contribution is 2.26. The summed E-state index contributed by atoms with van der Waals surface area (Å²) in [5.41, 5.74) is 1.32. The lowest BCUT2D eigenvalue weighted by molar-refractivity contribution is 0.262. The summed E-state index contributed by atoms with van der Waals surface area (Å²) in [6, 6.07) is 12.2. The van der Waals surface area contributed by atoms with Crippen LogP contribution in [0.15, 0.2) is 42.5 Å². The van der Waals surface area contributed by atoms with Crippen LogP contribution in [-0.2, 0) is 0 Å². The predicted molar refractivity (Wildman–Crippen MR) is 76.9 cm³/mol. The van der Waals surface area contributed by atoms with Crippen molar-refractivity contribution in [2.75, 3.05) is 10.6 Å². The zero-order valence-corrected chi connectivity index (χ0v) is 11.0. The highest BCUT2D eigenvalue weighted by atomic mass is 35.5. The number of aromatic hydroxyl groups is 1. The van der Waals surface area contributed by atoms with E-state index in [-0.39, 0.29) is 10.8 Å². The molecule has 0 atom stereocenters. The Morgan fingerprint density at radius 1 is 1.20 bits per heavy atom. The molecule has 0 spiro atoms. The molecule has 100 valence electrons. The minimum Gasteiger partial charge on any atom is -0.508 e. The third-order valence-corrected chi connectivity index (χ3v) is 2.76. The molecule has 0 heterocycles. The van der Waals surface area contributed by atoms with Gasteiger partial charge in [0, 0.05) is 11.8 Å². The molecule has 5 nitrogen and oxygen atoms in total. The number of urea groups is 1. The maximum Gasteiger partial charge on any atom is 0.323 e. The number of hydrogen-bond donors (Lipinski definition) is 3. The van der Waals surface area contributed by atoms with Crippen LogP contribution in [0.4, 0.5) is 16.2 Å². The molecule has 0 radical (unpaired) electrons. The largest absolute Gasteiger partial charge is 0.508 e. The van der Waals surface area contributed by atoms with E-state index < -0.39 is 6.03 Å². The van der Waals surface area contributed by atoms with Crippen molar-refractivity contribution in [1.82, 2.24) is 0 Å². The highest BCUT2D eigenvalue weighted by Gasteiger charge is 2.07. The molecule has 20 heavy (non-hydrogen) atoms. The molecule has 6 heteroatoms. The van der Waals surface area contributed by atoms with Crippen LogP contribution in [-0.4, -0.2) is 11.1 Å². The van der Waals surface area contributed by atoms with E-state index in [1.165, 1.54) is 18.2 Å². The average Bonchev–Trinajstić information content (AvgIpc) is 2.42. The smallest absolute Gasteiger partial charge is 0.323 e. The van der Waals surface area contributed by atoms with E-state index in [9.17, 15) is 9.90 Å². The third kappa shape index (κ3) is 3.40. The first-order chi connectivity index (χ1) is 9.58. The van der Waals surface area contributed by atoms with Crippen LogP contribution in [0, 0.1) is 11.3 Å². The van der Waals surface area contributed by atoms with Crippen molar-refractivity contribution in [3.05, 3.63) is 53.1 Å². The first-order valence-electron chi connectivity index (χ1n) is 5.65. The molecular weight excluding hydrogens is 278 g/mol. The monoisotopic (exact) mass is 287 g/mol. The van der Waals surface area contributed by atoms with Gasteiger partial charge in [0.15, 0.2) is 0 Å². The maximum absolute atomic E-state index is 11.8. The minimum atomic E-state index is -0.493. The number of amides is 2. The molecule has 0 fully saturated rings. The zero-order chi connectivity index (χ0) is 14.5. The van der Waals surface area contributed by atoms with Crippen molar-refractivity contribution in [2.45, 2.75) is 0 Å². The van der Waals surface area contributed by atoms with E-state index >= 15 is 0 Å². The van der Waals surface area contributed by atoms with E-state index in [2.05, 4.69) is 10.6 Å². The number of phenols is 1. The topological polar surface area (TPSA) is 85.2 Å². The molecular formula is C14H10ClN3O2. The van der Waals surface area contributed by atoms with E-state index in [0.717, 1.165) is 0 Å². The fourth-order valence-electron chi connectivity index (χ4n) is 1.56. The van der Waals surface area contributed by atoms with Crippen LogP contribution < -0.4 is 10.6 Å². The fraction of sp³-hybridized carbons (Fsp3) is 0. The number of hydrogen-bond acceptors (Lipinski definition) is 3. The van der Waals surface area contributed by atoms with Crippen LogP contribution in [0.2, 0.25) is 5.02 Å². The van der Waals surface area contributed by atoms with Crippen molar-refractivity contribution in [2.24, 2.45) is 0 Å². The Kier molecular flexibility index (Phi) is 4.08. The van der Waals surface area contributed by atoms with E-state index in [0.29, 0.717) is 16.9 Å². The number of benzene rings is 2. The van der Waals surface area contributed by atoms with Crippen molar-refractivity contribution < 1.29 is 9.90 Å². The Balaban J connectivity index is 2.07. The number of rotatable bonds is 2. The summed E-state index contributed by atoms with van der Waals surface area (Å²) in [5, 5.41) is 23.4. The molecule has 2 rings (SSSR count). The molecule has 0 saturated heterocycles.